The number of aryl methyl sites for hydroxylation is 1. The highest BCUT2D eigenvalue weighted by molar-refractivity contribution is 5.92. The first-order chi connectivity index (χ1) is 15.1. The Kier molecular flexibility index (Phi) is 5.35. The summed E-state index contributed by atoms with van der Waals surface area (Å²) in [6.45, 7) is 5.69. The maximum atomic E-state index is 14.4. The third-order valence-electron chi connectivity index (χ3n) is 6.32. The number of hydrogen-bond donors (Lipinski definition) is 0. The van der Waals surface area contributed by atoms with E-state index in [9.17, 15) is 14.0 Å². The monoisotopic (exact) mass is 443 g/mol. The van der Waals surface area contributed by atoms with Gasteiger partial charge in [0, 0.05) is 23.1 Å². The molecule has 4 rings (SSSR count). The molecular formula is C24H26FNO6. The Morgan fingerprint density at radius 1 is 1.22 bits per heavy atom. The molecule has 0 bridgehead atoms. The molecule has 2 heterocycles. The van der Waals surface area contributed by atoms with E-state index in [0.29, 0.717) is 23.3 Å². The predicted molar refractivity (Wildman–Crippen MR) is 112 cm³/mol. The molecule has 0 amide bonds. The molecule has 170 valence electrons. The SMILES string of the molecule is COc1ccc(C)cc1[C@]1(C(=O)O[C@H]2C(=O)OCC2(C)C)C[C@@H]1c1cnc(OC)c(F)c1. The van der Waals surface area contributed by atoms with Crippen LogP contribution >= 0.6 is 0 Å². The maximum absolute atomic E-state index is 14.4. The van der Waals surface area contributed by atoms with Gasteiger partial charge in [-0.05, 0) is 31.0 Å². The van der Waals surface area contributed by atoms with Crippen molar-refractivity contribution in [3.8, 4) is 11.6 Å². The number of methoxy groups -OCH3 is 2. The summed E-state index contributed by atoms with van der Waals surface area (Å²) >= 11 is 0. The van der Waals surface area contributed by atoms with Gasteiger partial charge in [-0.25, -0.2) is 14.2 Å². The van der Waals surface area contributed by atoms with Gasteiger partial charge in [-0.2, -0.15) is 0 Å². The highest BCUT2D eigenvalue weighted by atomic mass is 19.1. The van der Waals surface area contributed by atoms with Gasteiger partial charge in [-0.1, -0.05) is 31.5 Å². The predicted octanol–water partition coefficient (Wildman–Crippen LogP) is 3.47. The van der Waals surface area contributed by atoms with Gasteiger partial charge in [-0.3, -0.25) is 4.79 Å². The standard InChI is InChI=1S/C24H26FNO6/c1-13-6-7-18(29-4)15(8-13)24(22(28)32-19-21(27)31-12-23(19,2)3)10-16(24)14-9-17(25)20(30-5)26-11-14/h6-9,11,16,19H,10,12H2,1-5H3/t16-,19+,24-/m1/s1. The number of esters is 2. The van der Waals surface area contributed by atoms with E-state index in [0.717, 1.165) is 5.56 Å². The zero-order valence-corrected chi connectivity index (χ0v) is 18.7. The lowest BCUT2D eigenvalue weighted by Crippen LogP contribution is -2.39. The lowest BCUT2D eigenvalue weighted by atomic mass is 9.87. The van der Waals surface area contributed by atoms with Crippen molar-refractivity contribution in [2.24, 2.45) is 5.41 Å². The summed E-state index contributed by atoms with van der Waals surface area (Å²) in [4.78, 5) is 29.9. The fourth-order valence-corrected chi connectivity index (χ4v) is 4.40. The van der Waals surface area contributed by atoms with Crippen molar-refractivity contribution in [2.75, 3.05) is 20.8 Å². The highest BCUT2D eigenvalue weighted by Gasteiger charge is 2.65. The third kappa shape index (κ3) is 3.47. The highest BCUT2D eigenvalue weighted by Crippen LogP contribution is 2.63. The van der Waals surface area contributed by atoms with E-state index < -0.39 is 40.6 Å². The van der Waals surface area contributed by atoms with Crippen LogP contribution in [0.15, 0.2) is 30.5 Å². The van der Waals surface area contributed by atoms with Crippen LogP contribution in [0.25, 0.3) is 0 Å². The van der Waals surface area contributed by atoms with Gasteiger partial charge >= 0.3 is 11.9 Å². The van der Waals surface area contributed by atoms with Crippen LogP contribution in [-0.4, -0.2) is 43.9 Å². The van der Waals surface area contributed by atoms with Gasteiger partial charge in [-0.15, -0.1) is 0 Å². The minimum absolute atomic E-state index is 0.119. The summed E-state index contributed by atoms with van der Waals surface area (Å²) in [7, 11) is 2.86. The van der Waals surface area contributed by atoms with Crippen molar-refractivity contribution < 1.29 is 32.9 Å². The number of halogens is 1. The van der Waals surface area contributed by atoms with Crippen molar-refractivity contribution >= 4 is 11.9 Å². The zero-order chi connectivity index (χ0) is 23.3. The average Bonchev–Trinajstić information content (AvgIpc) is 3.47. The van der Waals surface area contributed by atoms with Gasteiger partial charge in [0.05, 0.1) is 14.2 Å². The topological polar surface area (TPSA) is 84.0 Å². The van der Waals surface area contributed by atoms with Crippen LogP contribution in [0.5, 0.6) is 11.6 Å². The fourth-order valence-electron chi connectivity index (χ4n) is 4.40. The van der Waals surface area contributed by atoms with Crippen LogP contribution in [-0.2, 0) is 24.5 Å². The summed E-state index contributed by atoms with van der Waals surface area (Å²) in [6.07, 6.45) is 0.841. The first-order valence-corrected chi connectivity index (χ1v) is 10.4. The molecule has 32 heavy (non-hydrogen) atoms. The number of nitrogens with zero attached hydrogens (tertiary/aromatic N) is 1. The molecule has 0 radical (unpaired) electrons. The lowest BCUT2D eigenvalue weighted by molar-refractivity contribution is -0.165. The van der Waals surface area contributed by atoms with Crippen LogP contribution in [0, 0.1) is 18.2 Å². The molecule has 7 nitrogen and oxygen atoms in total. The Morgan fingerprint density at radius 3 is 2.56 bits per heavy atom. The Bertz CT molecular complexity index is 1080. The fraction of sp³-hybridized carbons (Fsp3) is 0.458. The van der Waals surface area contributed by atoms with Crippen molar-refractivity contribution in [3.05, 3.63) is 53.0 Å². The summed E-state index contributed by atoms with van der Waals surface area (Å²) < 4.78 is 35.8. The maximum Gasteiger partial charge on any atom is 0.348 e. The van der Waals surface area contributed by atoms with Crippen LogP contribution < -0.4 is 9.47 Å². The molecule has 2 fully saturated rings. The molecule has 1 aromatic heterocycles. The van der Waals surface area contributed by atoms with E-state index in [1.807, 2.05) is 32.9 Å². The van der Waals surface area contributed by atoms with E-state index in [1.54, 1.807) is 6.07 Å². The molecule has 0 N–H and O–H groups in total. The smallest absolute Gasteiger partial charge is 0.348 e. The molecule has 1 aliphatic heterocycles. The van der Waals surface area contributed by atoms with E-state index in [4.69, 9.17) is 18.9 Å². The molecule has 3 atom stereocenters. The number of carbonyl (C=O) groups excluding carboxylic acids is 2. The summed E-state index contributed by atoms with van der Waals surface area (Å²) in [5.74, 6) is -1.75. The quantitative estimate of drug-likeness (QED) is 0.632. The Balaban J connectivity index is 1.77. The van der Waals surface area contributed by atoms with Gasteiger partial charge in [0.15, 0.2) is 5.82 Å². The Labute approximate surface area is 185 Å². The molecular weight excluding hydrogens is 417 g/mol. The second-order valence-corrected chi connectivity index (χ2v) is 9.07. The van der Waals surface area contributed by atoms with Gasteiger partial charge < -0.3 is 18.9 Å². The average molecular weight is 443 g/mol. The van der Waals surface area contributed by atoms with Gasteiger partial charge in [0.25, 0.3) is 0 Å². The van der Waals surface area contributed by atoms with Crippen LogP contribution in [0.2, 0.25) is 0 Å². The van der Waals surface area contributed by atoms with E-state index in [2.05, 4.69) is 4.98 Å². The molecule has 0 spiro atoms. The Morgan fingerprint density at radius 2 is 1.97 bits per heavy atom. The van der Waals surface area contributed by atoms with Crippen molar-refractivity contribution in [1.29, 1.82) is 0 Å². The molecule has 2 aromatic rings. The molecule has 0 unspecified atom stereocenters. The van der Waals surface area contributed by atoms with Crippen molar-refractivity contribution in [3.63, 3.8) is 0 Å². The second-order valence-electron chi connectivity index (χ2n) is 9.07. The molecule has 1 saturated carbocycles. The van der Waals surface area contributed by atoms with E-state index in [-0.39, 0.29) is 12.5 Å². The van der Waals surface area contributed by atoms with Crippen LogP contribution in [0.3, 0.4) is 0 Å². The van der Waals surface area contributed by atoms with Gasteiger partial charge in [0.1, 0.15) is 17.8 Å². The van der Waals surface area contributed by atoms with Crippen LogP contribution in [0.1, 0.15) is 42.9 Å². The molecule has 8 heteroatoms. The Hall–Kier alpha value is -3.16. The van der Waals surface area contributed by atoms with Crippen molar-refractivity contribution in [2.45, 2.75) is 44.6 Å². The molecule has 1 aliphatic carbocycles. The minimum atomic E-state index is -1.14. The molecule has 2 aliphatic rings. The van der Waals surface area contributed by atoms with Crippen molar-refractivity contribution in [1.82, 2.24) is 4.98 Å². The van der Waals surface area contributed by atoms with Crippen LogP contribution in [0.4, 0.5) is 4.39 Å². The minimum Gasteiger partial charge on any atom is -0.496 e. The number of rotatable bonds is 6. The largest absolute Gasteiger partial charge is 0.496 e. The first-order valence-electron chi connectivity index (χ1n) is 10.4. The number of carbonyl (C=O) groups is 2. The van der Waals surface area contributed by atoms with E-state index in [1.165, 1.54) is 26.5 Å². The summed E-state index contributed by atoms with van der Waals surface area (Å²) in [5, 5.41) is 0. The number of cyclic esters (lactones) is 1. The van der Waals surface area contributed by atoms with Gasteiger partial charge in [0.2, 0.25) is 12.0 Å². The normalized spacial score (nSPS) is 25.8. The lowest BCUT2D eigenvalue weighted by Gasteiger charge is -2.26. The zero-order valence-electron chi connectivity index (χ0n) is 18.7. The number of ether oxygens (including phenoxy) is 4. The first kappa shape index (κ1) is 22.0. The summed E-state index contributed by atoms with van der Waals surface area (Å²) in [5.41, 5.74) is 0.313. The third-order valence-corrected chi connectivity index (χ3v) is 6.32. The molecule has 1 saturated heterocycles. The number of aromatic nitrogens is 1. The molecule has 1 aromatic carbocycles. The number of benzene rings is 1. The second kappa shape index (κ2) is 7.76. The van der Waals surface area contributed by atoms with E-state index >= 15 is 0 Å². The number of pyridine rings is 1. The number of hydrogen-bond acceptors (Lipinski definition) is 7. The summed E-state index contributed by atoms with van der Waals surface area (Å²) in [6, 6.07) is 6.85.